The van der Waals surface area contributed by atoms with E-state index in [-0.39, 0.29) is 0 Å². The molecule has 0 aliphatic carbocycles. The van der Waals surface area contributed by atoms with Crippen LogP contribution in [0.25, 0.3) is 0 Å². The summed E-state index contributed by atoms with van der Waals surface area (Å²) < 4.78 is 0. The van der Waals surface area contributed by atoms with Gasteiger partial charge in [0, 0.05) is 58.4 Å². The molecule has 2 saturated heterocycles. The van der Waals surface area contributed by atoms with Crippen LogP contribution in [0.3, 0.4) is 0 Å². The van der Waals surface area contributed by atoms with Gasteiger partial charge in [-0.3, -0.25) is 0 Å². The fourth-order valence-corrected chi connectivity index (χ4v) is 3.27. The first-order valence-corrected chi connectivity index (χ1v) is 8.56. The molecule has 6 nitrogen and oxygen atoms in total. The van der Waals surface area contributed by atoms with Crippen LogP contribution < -0.4 is 9.80 Å². The highest BCUT2D eigenvalue weighted by molar-refractivity contribution is 5.50. The minimum Gasteiger partial charge on any atom is -0.354 e. The summed E-state index contributed by atoms with van der Waals surface area (Å²) >= 11 is 0. The van der Waals surface area contributed by atoms with Crippen molar-refractivity contribution in [2.75, 3.05) is 75.2 Å². The van der Waals surface area contributed by atoms with Crippen LogP contribution >= 0.6 is 0 Å². The zero-order valence-corrected chi connectivity index (χ0v) is 13.9. The Bertz CT molecular complexity index is 424. The molecule has 0 bridgehead atoms. The van der Waals surface area contributed by atoms with Crippen molar-refractivity contribution in [3.05, 3.63) is 12.4 Å². The van der Waals surface area contributed by atoms with Gasteiger partial charge in [0.2, 0.25) is 0 Å². The van der Waals surface area contributed by atoms with Gasteiger partial charge in [0.25, 0.3) is 0 Å². The van der Waals surface area contributed by atoms with Crippen LogP contribution in [0.4, 0.5) is 11.6 Å². The molecule has 1 aromatic rings. The van der Waals surface area contributed by atoms with Crippen LogP contribution in [0.5, 0.6) is 0 Å². The zero-order valence-electron chi connectivity index (χ0n) is 13.9. The summed E-state index contributed by atoms with van der Waals surface area (Å²) in [5.41, 5.74) is 0. The van der Waals surface area contributed by atoms with Crippen molar-refractivity contribution >= 4 is 11.6 Å². The van der Waals surface area contributed by atoms with Crippen molar-refractivity contribution < 1.29 is 0 Å². The second-order valence-electron chi connectivity index (χ2n) is 6.08. The maximum atomic E-state index is 4.50. The Labute approximate surface area is 133 Å². The van der Waals surface area contributed by atoms with Gasteiger partial charge >= 0.3 is 0 Å². The van der Waals surface area contributed by atoms with E-state index < -0.39 is 0 Å². The molecular weight excluding hydrogens is 276 g/mol. The molecule has 2 fully saturated rings. The summed E-state index contributed by atoms with van der Waals surface area (Å²) in [7, 11) is 0. The molecule has 6 heteroatoms. The lowest BCUT2D eigenvalue weighted by molar-refractivity contribution is 0.269. The number of hydrogen-bond donors (Lipinski definition) is 0. The molecule has 0 amide bonds. The van der Waals surface area contributed by atoms with E-state index in [1.54, 1.807) is 6.33 Å². The predicted molar refractivity (Wildman–Crippen MR) is 90.7 cm³/mol. The Kier molecular flexibility index (Phi) is 5.10. The fourth-order valence-electron chi connectivity index (χ4n) is 3.27. The summed E-state index contributed by atoms with van der Waals surface area (Å²) in [5, 5.41) is 0. The molecular formula is C16H28N6. The van der Waals surface area contributed by atoms with E-state index in [0.29, 0.717) is 0 Å². The number of likely N-dealkylation sites (N-methyl/N-ethyl adjacent to an activating group) is 2. The third kappa shape index (κ3) is 3.50. The molecule has 2 aliphatic rings. The topological polar surface area (TPSA) is 38.7 Å². The second kappa shape index (κ2) is 7.24. The van der Waals surface area contributed by atoms with Gasteiger partial charge in [-0.15, -0.1) is 0 Å². The first kappa shape index (κ1) is 15.5. The van der Waals surface area contributed by atoms with E-state index >= 15 is 0 Å². The Hall–Kier alpha value is -1.40. The van der Waals surface area contributed by atoms with E-state index in [0.717, 1.165) is 77.1 Å². The number of piperazine rings is 2. The summed E-state index contributed by atoms with van der Waals surface area (Å²) in [5.74, 6) is 2.16. The first-order valence-electron chi connectivity index (χ1n) is 8.56. The van der Waals surface area contributed by atoms with Gasteiger partial charge in [0.1, 0.15) is 18.0 Å². The normalized spacial score (nSPS) is 21.4. The van der Waals surface area contributed by atoms with E-state index in [4.69, 9.17) is 0 Å². The Morgan fingerprint density at radius 1 is 0.727 bits per heavy atom. The molecule has 3 heterocycles. The van der Waals surface area contributed by atoms with E-state index in [2.05, 4.69) is 49.5 Å². The SMILES string of the molecule is CCN1CCN(c2cc(N3CCN(CC)CC3)ncn2)CC1. The quantitative estimate of drug-likeness (QED) is 0.818. The van der Waals surface area contributed by atoms with Crippen LogP contribution in [0.15, 0.2) is 12.4 Å². The Morgan fingerprint density at radius 2 is 1.14 bits per heavy atom. The highest BCUT2D eigenvalue weighted by atomic mass is 15.3. The van der Waals surface area contributed by atoms with Crippen molar-refractivity contribution in [1.29, 1.82) is 0 Å². The van der Waals surface area contributed by atoms with E-state index in [9.17, 15) is 0 Å². The molecule has 2 aliphatic heterocycles. The van der Waals surface area contributed by atoms with Gasteiger partial charge in [0.15, 0.2) is 0 Å². The van der Waals surface area contributed by atoms with Crippen molar-refractivity contribution in [2.45, 2.75) is 13.8 Å². The van der Waals surface area contributed by atoms with E-state index in [1.807, 2.05) is 0 Å². The first-order chi connectivity index (χ1) is 10.8. The fraction of sp³-hybridized carbons (Fsp3) is 0.750. The molecule has 0 aromatic carbocycles. The van der Waals surface area contributed by atoms with Crippen LogP contribution in [-0.4, -0.2) is 85.2 Å². The van der Waals surface area contributed by atoms with Crippen LogP contribution in [0, 0.1) is 0 Å². The summed E-state index contributed by atoms with van der Waals surface area (Å²) in [6.07, 6.45) is 1.73. The van der Waals surface area contributed by atoms with Crippen LogP contribution in [0.2, 0.25) is 0 Å². The molecule has 0 atom stereocenters. The summed E-state index contributed by atoms with van der Waals surface area (Å²) in [6.45, 7) is 15.5. The molecule has 0 spiro atoms. The van der Waals surface area contributed by atoms with Crippen LogP contribution in [-0.2, 0) is 0 Å². The average Bonchev–Trinajstić information content (AvgIpc) is 2.62. The highest BCUT2D eigenvalue weighted by Crippen LogP contribution is 2.20. The maximum Gasteiger partial charge on any atom is 0.134 e. The average molecular weight is 304 g/mol. The Morgan fingerprint density at radius 3 is 1.50 bits per heavy atom. The van der Waals surface area contributed by atoms with Gasteiger partial charge in [0.05, 0.1) is 0 Å². The molecule has 0 unspecified atom stereocenters. The number of rotatable bonds is 4. The number of hydrogen-bond acceptors (Lipinski definition) is 6. The van der Waals surface area contributed by atoms with Gasteiger partial charge in [-0.1, -0.05) is 13.8 Å². The van der Waals surface area contributed by atoms with Crippen molar-refractivity contribution in [3.63, 3.8) is 0 Å². The number of aromatic nitrogens is 2. The standard InChI is InChI=1S/C16H28N6/c1-3-19-5-9-21(10-6-19)15-13-16(18-14-17-15)22-11-7-20(4-2)8-12-22/h13-14H,3-12H2,1-2H3. The molecule has 0 N–H and O–H groups in total. The summed E-state index contributed by atoms with van der Waals surface area (Å²) in [4.78, 5) is 18.8. The lowest BCUT2D eigenvalue weighted by Gasteiger charge is -2.36. The zero-order chi connectivity index (χ0) is 15.4. The number of anilines is 2. The van der Waals surface area contributed by atoms with Gasteiger partial charge in [-0.2, -0.15) is 0 Å². The third-order valence-electron chi connectivity index (χ3n) is 4.93. The second-order valence-corrected chi connectivity index (χ2v) is 6.08. The maximum absolute atomic E-state index is 4.50. The summed E-state index contributed by atoms with van der Waals surface area (Å²) in [6, 6.07) is 2.17. The Balaban J connectivity index is 1.63. The minimum absolute atomic E-state index is 1.06. The monoisotopic (exact) mass is 304 g/mol. The van der Waals surface area contributed by atoms with Gasteiger partial charge in [-0.05, 0) is 13.1 Å². The lowest BCUT2D eigenvalue weighted by Crippen LogP contribution is -2.47. The van der Waals surface area contributed by atoms with Crippen molar-refractivity contribution in [1.82, 2.24) is 19.8 Å². The van der Waals surface area contributed by atoms with Crippen molar-refractivity contribution in [2.24, 2.45) is 0 Å². The molecule has 3 rings (SSSR count). The highest BCUT2D eigenvalue weighted by Gasteiger charge is 2.20. The van der Waals surface area contributed by atoms with Crippen molar-refractivity contribution in [3.8, 4) is 0 Å². The minimum atomic E-state index is 1.06. The largest absolute Gasteiger partial charge is 0.354 e. The number of nitrogens with zero attached hydrogens (tertiary/aromatic N) is 6. The smallest absolute Gasteiger partial charge is 0.134 e. The lowest BCUT2D eigenvalue weighted by atomic mass is 10.3. The molecule has 1 aromatic heterocycles. The molecule has 122 valence electrons. The third-order valence-corrected chi connectivity index (χ3v) is 4.93. The molecule has 0 radical (unpaired) electrons. The molecule has 0 saturated carbocycles. The predicted octanol–water partition coefficient (Wildman–Crippen LogP) is 0.760. The van der Waals surface area contributed by atoms with Gasteiger partial charge < -0.3 is 19.6 Å². The molecule has 22 heavy (non-hydrogen) atoms. The van der Waals surface area contributed by atoms with E-state index in [1.165, 1.54) is 0 Å². The van der Waals surface area contributed by atoms with Crippen LogP contribution in [0.1, 0.15) is 13.8 Å². The van der Waals surface area contributed by atoms with Gasteiger partial charge in [-0.25, -0.2) is 9.97 Å².